The summed E-state index contributed by atoms with van der Waals surface area (Å²) in [6.07, 6.45) is 2.44. The van der Waals surface area contributed by atoms with Gasteiger partial charge in [-0.15, -0.1) is 0 Å². The van der Waals surface area contributed by atoms with E-state index in [2.05, 4.69) is 18.8 Å². The number of hydrogen-bond acceptors (Lipinski definition) is 2. The number of thioether (sulfide) groups is 1. The summed E-state index contributed by atoms with van der Waals surface area (Å²) in [6.45, 7) is 2.44. The molecule has 0 aromatic heterocycles. The minimum atomic E-state index is -0.270. The summed E-state index contributed by atoms with van der Waals surface area (Å²) < 4.78 is 13.4. The van der Waals surface area contributed by atoms with E-state index in [1.165, 1.54) is 18.9 Å². The lowest BCUT2D eigenvalue weighted by molar-refractivity contribution is 0.624. The molecular formula is C14H18FNS. The second-order valence-corrected chi connectivity index (χ2v) is 4.83. The molecule has 1 rings (SSSR count). The van der Waals surface area contributed by atoms with Gasteiger partial charge in [0.25, 0.3) is 0 Å². The molecular weight excluding hydrogens is 233 g/mol. The van der Waals surface area contributed by atoms with E-state index in [1.54, 1.807) is 0 Å². The monoisotopic (exact) mass is 251 g/mol. The van der Waals surface area contributed by atoms with Gasteiger partial charge in [0.05, 0.1) is 12.1 Å². The maximum absolute atomic E-state index is 13.4. The Bertz CT molecular complexity index is 406. The van der Waals surface area contributed by atoms with Crippen molar-refractivity contribution in [3.63, 3.8) is 0 Å². The van der Waals surface area contributed by atoms with Gasteiger partial charge in [-0.25, -0.2) is 4.39 Å². The molecule has 0 spiro atoms. The van der Waals surface area contributed by atoms with Gasteiger partial charge in [0.2, 0.25) is 0 Å². The number of benzene rings is 1. The normalized spacial score (nSPS) is 9.82. The molecule has 0 bridgehead atoms. The van der Waals surface area contributed by atoms with E-state index in [9.17, 15) is 4.39 Å². The van der Waals surface area contributed by atoms with Gasteiger partial charge in [0.1, 0.15) is 5.82 Å². The van der Waals surface area contributed by atoms with E-state index >= 15 is 0 Å². The van der Waals surface area contributed by atoms with E-state index in [4.69, 9.17) is 5.73 Å². The van der Waals surface area contributed by atoms with E-state index < -0.39 is 0 Å². The Labute approximate surface area is 107 Å². The lowest BCUT2D eigenvalue weighted by atomic mass is 10.1. The zero-order valence-corrected chi connectivity index (χ0v) is 10.9. The highest BCUT2D eigenvalue weighted by Crippen LogP contribution is 2.16. The maximum atomic E-state index is 13.4. The van der Waals surface area contributed by atoms with Crippen molar-refractivity contribution in [1.29, 1.82) is 0 Å². The van der Waals surface area contributed by atoms with E-state index in [1.807, 2.05) is 23.9 Å². The largest absolute Gasteiger partial charge is 0.320 e. The van der Waals surface area contributed by atoms with Crippen LogP contribution >= 0.6 is 11.8 Å². The Morgan fingerprint density at radius 3 is 2.94 bits per heavy atom. The number of unbranched alkanes of at least 4 members (excludes halogenated alkanes) is 1. The first-order valence-corrected chi connectivity index (χ1v) is 6.98. The number of rotatable bonds is 5. The van der Waals surface area contributed by atoms with Crippen LogP contribution in [0, 0.1) is 17.7 Å². The molecule has 0 aliphatic rings. The third kappa shape index (κ3) is 5.25. The molecule has 0 radical (unpaired) electrons. The molecule has 0 unspecified atom stereocenters. The quantitative estimate of drug-likeness (QED) is 0.642. The summed E-state index contributed by atoms with van der Waals surface area (Å²) in [5, 5.41) is 0. The predicted molar refractivity (Wildman–Crippen MR) is 73.4 cm³/mol. The van der Waals surface area contributed by atoms with Gasteiger partial charge >= 0.3 is 0 Å². The molecule has 0 fully saturated rings. The van der Waals surface area contributed by atoms with Crippen LogP contribution < -0.4 is 5.73 Å². The Morgan fingerprint density at radius 1 is 1.41 bits per heavy atom. The molecule has 0 aliphatic carbocycles. The molecule has 3 heteroatoms. The molecule has 0 saturated carbocycles. The summed E-state index contributed by atoms with van der Waals surface area (Å²) in [5.74, 6) is 7.23. The second-order valence-electron chi connectivity index (χ2n) is 3.73. The average molecular weight is 251 g/mol. The highest BCUT2D eigenvalue weighted by atomic mass is 32.2. The molecule has 17 heavy (non-hydrogen) atoms. The maximum Gasteiger partial charge on any atom is 0.138 e. The minimum Gasteiger partial charge on any atom is -0.320 e. The summed E-state index contributed by atoms with van der Waals surface area (Å²) in [4.78, 5) is 0. The third-order valence-corrected chi connectivity index (χ3v) is 3.38. The van der Waals surface area contributed by atoms with Crippen molar-refractivity contribution in [2.75, 3.05) is 12.3 Å². The van der Waals surface area contributed by atoms with Crippen LogP contribution in [0.2, 0.25) is 0 Å². The zero-order chi connectivity index (χ0) is 12.5. The van der Waals surface area contributed by atoms with Crippen molar-refractivity contribution >= 4 is 11.8 Å². The molecule has 92 valence electrons. The zero-order valence-electron chi connectivity index (χ0n) is 10.1. The first-order valence-electron chi connectivity index (χ1n) is 5.83. The fourth-order valence-electron chi connectivity index (χ4n) is 1.34. The van der Waals surface area contributed by atoms with Crippen LogP contribution in [0.3, 0.4) is 0 Å². The van der Waals surface area contributed by atoms with Crippen LogP contribution in [0.4, 0.5) is 4.39 Å². The predicted octanol–water partition coefficient (Wildman–Crippen LogP) is 3.17. The number of hydrogen-bond donors (Lipinski definition) is 1. The van der Waals surface area contributed by atoms with E-state index in [-0.39, 0.29) is 12.4 Å². The SMILES string of the molecule is CCCCSCc1ccc(F)c(C#CCN)c1. The van der Waals surface area contributed by atoms with Crippen molar-refractivity contribution in [2.24, 2.45) is 5.73 Å². The van der Waals surface area contributed by atoms with Gasteiger partial charge < -0.3 is 5.73 Å². The minimum absolute atomic E-state index is 0.259. The first kappa shape index (κ1) is 14.1. The van der Waals surface area contributed by atoms with Crippen molar-refractivity contribution in [3.05, 3.63) is 35.1 Å². The van der Waals surface area contributed by atoms with Gasteiger partial charge in [-0.2, -0.15) is 11.8 Å². The van der Waals surface area contributed by atoms with Gasteiger partial charge in [0, 0.05) is 5.75 Å². The van der Waals surface area contributed by atoms with Crippen LogP contribution in [0.5, 0.6) is 0 Å². The molecule has 0 atom stereocenters. The molecule has 2 N–H and O–H groups in total. The van der Waals surface area contributed by atoms with Crippen molar-refractivity contribution in [2.45, 2.75) is 25.5 Å². The van der Waals surface area contributed by atoms with Crippen molar-refractivity contribution in [1.82, 2.24) is 0 Å². The Hall–Kier alpha value is -0.980. The van der Waals surface area contributed by atoms with Crippen molar-refractivity contribution < 1.29 is 4.39 Å². The van der Waals surface area contributed by atoms with Crippen LogP contribution in [-0.2, 0) is 5.75 Å². The standard InChI is InChI=1S/C14H18FNS/c1-2-3-9-17-11-12-6-7-14(15)13(10-12)5-4-8-16/h6-7,10H,2-3,8-9,11,16H2,1H3. The van der Waals surface area contributed by atoms with E-state index in [0.29, 0.717) is 5.56 Å². The van der Waals surface area contributed by atoms with Crippen LogP contribution in [0.15, 0.2) is 18.2 Å². The van der Waals surface area contributed by atoms with Gasteiger partial charge in [0.15, 0.2) is 0 Å². The summed E-state index contributed by atoms with van der Waals surface area (Å²) in [5.41, 5.74) is 6.85. The summed E-state index contributed by atoms with van der Waals surface area (Å²) in [7, 11) is 0. The fraction of sp³-hybridized carbons (Fsp3) is 0.429. The first-order chi connectivity index (χ1) is 8.27. The molecule has 0 amide bonds. The molecule has 1 aromatic rings. The molecule has 1 aromatic carbocycles. The van der Waals surface area contributed by atoms with Crippen LogP contribution in [-0.4, -0.2) is 12.3 Å². The third-order valence-electron chi connectivity index (χ3n) is 2.27. The molecule has 1 nitrogen and oxygen atoms in total. The average Bonchev–Trinajstić information content (AvgIpc) is 2.35. The Balaban J connectivity index is 2.61. The van der Waals surface area contributed by atoms with Crippen molar-refractivity contribution in [3.8, 4) is 11.8 Å². The summed E-state index contributed by atoms with van der Waals surface area (Å²) in [6, 6.07) is 5.12. The van der Waals surface area contributed by atoms with Crippen LogP contribution in [0.25, 0.3) is 0 Å². The summed E-state index contributed by atoms with van der Waals surface area (Å²) >= 11 is 1.87. The smallest absolute Gasteiger partial charge is 0.138 e. The topological polar surface area (TPSA) is 26.0 Å². The van der Waals surface area contributed by atoms with Crippen LogP contribution in [0.1, 0.15) is 30.9 Å². The molecule has 0 heterocycles. The molecule has 0 aliphatic heterocycles. The Kier molecular flexibility index (Phi) is 6.76. The van der Waals surface area contributed by atoms with Gasteiger partial charge in [-0.05, 0) is 29.9 Å². The number of halogens is 1. The second kappa shape index (κ2) is 8.16. The Morgan fingerprint density at radius 2 is 2.24 bits per heavy atom. The lowest BCUT2D eigenvalue weighted by Gasteiger charge is -2.03. The number of nitrogens with two attached hydrogens (primary N) is 1. The van der Waals surface area contributed by atoms with E-state index in [0.717, 1.165) is 17.1 Å². The highest BCUT2D eigenvalue weighted by Gasteiger charge is 2.01. The van der Waals surface area contributed by atoms with Gasteiger partial charge in [-0.3, -0.25) is 0 Å². The lowest BCUT2D eigenvalue weighted by Crippen LogP contribution is -1.94. The van der Waals surface area contributed by atoms with Gasteiger partial charge in [-0.1, -0.05) is 31.3 Å². The fourth-order valence-corrected chi connectivity index (χ4v) is 2.39. The molecule has 0 saturated heterocycles. The highest BCUT2D eigenvalue weighted by molar-refractivity contribution is 7.98.